The molecule has 0 bridgehead atoms. The first-order valence-corrected chi connectivity index (χ1v) is 14.6. The molecule has 4 rings (SSSR count). The zero-order valence-electron chi connectivity index (χ0n) is 24.3. The second kappa shape index (κ2) is 15.5. The molecular formula is C29H41ClN6O6. The predicted molar refractivity (Wildman–Crippen MR) is 160 cm³/mol. The van der Waals surface area contributed by atoms with Crippen molar-refractivity contribution in [3.05, 3.63) is 62.4 Å². The van der Waals surface area contributed by atoms with Crippen molar-refractivity contribution < 1.29 is 23.8 Å². The number of piperidine rings is 1. The van der Waals surface area contributed by atoms with Crippen LogP contribution < -0.4 is 16.6 Å². The van der Waals surface area contributed by atoms with Gasteiger partial charge in [-0.1, -0.05) is 23.7 Å². The Morgan fingerprint density at radius 3 is 2.62 bits per heavy atom. The standard InChI is InChI=1S/C29H41ClN6O6/c1-34(18-20-3-5-21(6-4-20)29(39)42-16-13-35-11-14-41-15-12-35)9-10-36-8-7-24(25(19-36)40-2)32-27(37)22-17-23(30)26(31)33-28(22)38/h3-6,17,24-25H,7-16,18-19H2,1-2H3,(H,32,37)(H3,31,33,38)/t24-,25+/m1/s1. The minimum atomic E-state index is -0.585. The van der Waals surface area contributed by atoms with Crippen molar-refractivity contribution in [1.82, 2.24) is 25.0 Å². The highest BCUT2D eigenvalue weighted by atomic mass is 35.5. The van der Waals surface area contributed by atoms with Gasteiger partial charge in [0.05, 0.1) is 35.9 Å². The minimum Gasteiger partial charge on any atom is -0.461 e. The second-order valence-corrected chi connectivity index (χ2v) is 11.1. The predicted octanol–water partition coefficient (Wildman–Crippen LogP) is 1.05. The molecule has 4 N–H and O–H groups in total. The molecule has 0 unspecified atom stereocenters. The average molecular weight is 605 g/mol. The summed E-state index contributed by atoms with van der Waals surface area (Å²) in [7, 11) is 3.68. The number of esters is 1. The van der Waals surface area contributed by atoms with Crippen LogP contribution in [0.25, 0.3) is 0 Å². The fourth-order valence-corrected chi connectivity index (χ4v) is 5.30. The van der Waals surface area contributed by atoms with Gasteiger partial charge in [0, 0.05) is 59.5 Å². The molecule has 3 heterocycles. The Balaban J connectivity index is 1.18. The van der Waals surface area contributed by atoms with E-state index in [1.807, 2.05) is 24.3 Å². The van der Waals surface area contributed by atoms with Gasteiger partial charge in [0.2, 0.25) is 0 Å². The number of likely N-dealkylation sites (N-methyl/N-ethyl adjacent to an activating group) is 1. The molecule has 2 saturated heterocycles. The van der Waals surface area contributed by atoms with Gasteiger partial charge < -0.3 is 35.1 Å². The molecular weight excluding hydrogens is 564 g/mol. The molecule has 0 spiro atoms. The van der Waals surface area contributed by atoms with Crippen molar-refractivity contribution in [2.45, 2.75) is 25.1 Å². The number of rotatable bonds is 12. The SMILES string of the molecule is CO[C@H]1CN(CCN(C)Cc2ccc(C(=O)OCCN3CCOCC3)cc2)CC[C@H]1NC(=O)c1cc(Cl)c(N)[nH]c1=O. The number of amides is 1. The molecule has 42 heavy (non-hydrogen) atoms. The molecule has 2 aliphatic rings. The quantitative estimate of drug-likeness (QED) is 0.301. The summed E-state index contributed by atoms with van der Waals surface area (Å²) in [4.78, 5) is 46.5. The fourth-order valence-electron chi connectivity index (χ4n) is 5.15. The zero-order chi connectivity index (χ0) is 30.1. The molecule has 230 valence electrons. The minimum absolute atomic E-state index is 0.0265. The number of halogens is 1. The molecule has 2 fully saturated rings. The summed E-state index contributed by atoms with van der Waals surface area (Å²) >= 11 is 5.98. The van der Waals surface area contributed by atoms with E-state index in [9.17, 15) is 14.4 Å². The number of nitrogens with one attached hydrogen (secondary N) is 2. The average Bonchev–Trinajstić information content (AvgIpc) is 2.99. The molecule has 12 nitrogen and oxygen atoms in total. The second-order valence-electron chi connectivity index (χ2n) is 10.7. The maximum absolute atomic E-state index is 12.8. The Bertz CT molecular complexity index is 1250. The van der Waals surface area contributed by atoms with E-state index >= 15 is 0 Å². The fraction of sp³-hybridized carbons (Fsp3) is 0.552. The van der Waals surface area contributed by atoms with Gasteiger partial charge in [0.1, 0.15) is 18.0 Å². The maximum Gasteiger partial charge on any atom is 0.338 e. The lowest BCUT2D eigenvalue weighted by Crippen LogP contribution is -2.55. The number of carbonyl (C=O) groups is 2. The van der Waals surface area contributed by atoms with E-state index in [0.29, 0.717) is 25.1 Å². The number of pyridine rings is 1. The van der Waals surface area contributed by atoms with Crippen molar-refractivity contribution in [1.29, 1.82) is 0 Å². The lowest BCUT2D eigenvalue weighted by molar-refractivity contribution is 0.00441. The molecule has 13 heteroatoms. The summed E-state index contributed by atoms with van der Waals surface area (Å²) in [5.74, 6) is -0.788. The highest BCUT2D eigenvalue weighted by Gasteiger charge is 2.31. The number of benzene rings is 1. The molecule has 1 amide bonds. The highest BCUT2D eigenvalue weighted by Crippen LogP contribution is 2.17. The molecule has 1 aromatic carbocycles. The molecule has 0 radical (unpaired) electrons. The number of nitrogens with zero attached hydrogens (tertiary/aromatic N) is 3. The third kappa shape index (κ3) is 9.00. The zero-order valence-corrected chi connectivity index (χ0v) is 25.0. The van der Waals surface area contributed by atoms with E-state index < -0.39 is 11.5 Å². The molecule has 0 aliphatic carbocycles. The number of aromatic amines is 1. The summed E-state index contributed by atoms with van der Waals surface area (Å²) < 4.78 is 16.5. The molecule has 1 aromatic heterocycles. The van der Waals surface area contributed by atoms with Crippen molar-refractivity contribution in [3.8, 4) is 0 Å². The monoisotopic (exact) mass is 604 g/mol. The highest BCUT2D eigenvalue weighted by molar-refractivity contribution is 6.33. The first-order chi connectivity index (χ1) is 20.2. The lowest BCUT2D eigenvalue weighted by Gasteiger charge is -2.38. The van der Waals surface area contributed by atoms with Crippen LogP contribution in [0.3, 0.4) is 0 Å². The number of nitrogen functional groups attached to an aromatic ring is 1. The third-order valence-electron chi connectivity index (χ3n) is 7.71. The van der Waals surface area contributed by atoms with Crippen LogP contribution >= 0.6 is 11.6 Å². The van der Waals surface area contributed by atoms with Gasteiger partial charge in [-0.15, -0.1) is 0 Å². The van der Waals surface area contributed by atoms with Gasteiger partial charge in [-0.05, 0) is 37.2 Å². The van der Waals surface area contributed by atoms with Crippen LogP contribution in [0.1, 0.15) is 32.7 Å². The van der Waals surface area contributed by atoms with Crippen LogP contribution in [0.5, 0.6) is 0 Å². The topological polar surface area (TPSA) is 142 Å². The number of methoxy groups -OCH3 is 1. The Morgan fingerprint density at radius 2 is 1.90 bits per heavy atom. The van der Waals surface area contributed by atoms with E-state index in [1.54, 1.807) is 7.11 Å². The van der Waals surface area contributed by atoms with Gasteiger partial charge in [-0.2, -0.15) is 0 Å². The largest absolute Gasteiger partial charge is 0.461 e. The van der Waals surface area contributed by atoms with E-state index in [2.05, 4.69) is 32.0 Å². The number of nitrogens with two attached hydrogens (primary N) is 1. The summed E-state index contributed by atoms with van der Waals surface area (Å²) in [6.07, 6.45) is 0.455. The van der Waals surface area contributed by atoms with Crippen LogP contribution in [-0.2, 0) is 20.8 Å². The first-order valence-electron chi connectivity index (χ1n) is 14.2. The Labute approximate surface area is 251 Å². The number of aromatic nitrogens is 1. The smallest absolute Gasteiger partial charge is 0.338 e. The van der Waals surface area contributed by atoms with Crippen molar-refractivity contribution in [2.24, 2.45) is 0 Å². The van der Waals surface area contributed by atoms with Gasteiger partial charge in [-0.25, -0.2) is 4.79 Å². The maximum atomic E-state index is 12.8. The summed E-state index contributed by atoms with van der Waals surface area (Å²) in [6, 6.07) is 8.60. The Kier molecular flexibility index (Phi) is 11.8. The van der Waals surface area contributed by atoms with Gasteiger partial charge in [-0.3, -0.25) is 19.4 Å². The Hall–Kier alpha value is -3.00. The van der Waals surface area contributed by atoms with Crippen LogP contribution in [0.4, 0.5) is 5.82 Å². The first kappa shape index (κ1) is 31.9. The number of hydrogen-bond donors (Lipinski definition) is 3. The molecule has 0 saturated carbocycles. The van der Waals surface area contributed by atoms with E-state index in [-0.39, 0.29) is 34.5 Å². The number of H-pyrrole nitrogens is 1. The Morgan fingerprint density at radius 1 is 1.17 bits per heavy atom. The van der Waals surface area contributed by atoms with E-state index in [1.165, 1.54) is 6.07 Å². The van der Waals surface area contributed by atoms with Gasteiger partial charge in [0.15, 0.2) is 0 Å². The number of anilines is 1. The van der Waals surface area contributed by atoms with Crippen molar-refractivity contribution in [3.63, 3.8) is 0 Å². The van der Waals surface area contributed by atoms with Crippen LogP contribution in [0.2, 0.25) is 5.02 Å². The number of carbonyl (C=O) groups excluding carboxylic acids is 2. The van der Waals surface area contributed by atoms with Crippen LogP contribution in [0.15, 0.2) is 35.1 Å². The van der Waals surface area contributed by atoms with Crippen LogP contribution in [-0.4, -0.2) is 123 Å². The van der Waals surface area contributed by atoms with Crippen molar-refractivity contribution >= 4 is 29.3 Å². The van der Waals surface area contributed by atoms with Crippen molar-refractivity contribution in [2.75, 3.05) is 85.5 Å². The number of ether oxygens (including phenoxy) is 3. The number of hydrogen-bond acceptors (Lipinski definition) is 10. The third-order valence-corrected chi connectivity index (χ3v) is 8.03. The molecule has 2 aliphatic heterocycles. The van der Waals surface area contributed by atoms with Gasteiger partial charge >= 0.3 is 5.97 Å². The molecule has 2 atom stereocenters. The molecule has 2 aromatic rings. The van der Waals surface area contributed by atoms with Gasteiger partial charge in [0.25, 0.3) is 11.5 Å². The van der Waals surface area contributed by atoms with E-state index in [0.717, 1.165) is 64.6 Å². The normalized spacial score (nSPS) is 20.0. The number of morpholine rings is 1. The summed E-state index contributed by atoms with van der Waals surface area (Å²) in [5, 5.41) is 3.04. The van der Waals surface area contributed by atoms with Crippen LogP contribution in [0, 0.1) is 0 Å². The summed E-state index contributed by atoms with van der Waals surface area (Å²) in [5.41, 5.74) is 6.60. The summed E-state index contributed by atoms with van der Waals surface area (Å²) in [6.45, 7) is 8.10. The lowest BCUT2D eigenvalue weighted by atomic mass is 10.0. The van der Waals surface area contributed by atoms with E-state index in [4.69, 9.17) is 31.5 Å². The number of likely N-dealkylation sites (tertiary alicyclic amines) is 1.